The summed E-state index contributed by atoms with van der Waals surface area (Å²) in [7, 11) is 0. The Morgan fingerprint density at radius 2 is 1.27 bits per heavy atom. The van der Waals surface area contributed by atoms with E-state index in [-0.39, 0.29) is 24.7 Å². The minimum Gasteiger partial charge on any atom is -0.444 e. The summed E-state index contributed by atoms with van der Waals surface area (Å²) in [5, 5.41) is 8.80. The van der Waals surface area contributed by atoms with Gasteiger partial charge < -0.3 is 20.7 Å². The molecule has 3 aromatic rings. The number of rotatable bonds is 11. The van der Waals surface area contributed by atoms with Gasteiger partial charge in [0.2, 0.25) is 11.8 Å². The van der Waals surface area contributed by atoms with Crippen molar-refractivity contribution in [3.8, 4) is 0 Å². The molecule has 0 aliphatic heterocycles. The second kappa shape index (κ2) is 14.1. The van der Waals surface area contributed by atoms with Gasteiger partial charge in [0.25, 0.3) is 0 Å². The average Bonchev–Trinajstić information content (AvgIpc) is 2.94. The highest BCUT2D eigenvalue weighted by molar-refractivity contribution is 5.87. The van der Waals surface area contributed by atoms with Crippen LogP contribution >= 0.6 is 0 Å². The van der Waals surface area contributed by atoms with Crippen LogP contribution in [-0.2, 0) is 19.9 Å². The van der Waals surface area contributed by atoms with Gasteiger partial charge in [-0.2, -0.15) is 0 Å². The summed E-state index contributed by atoms with van der Waals surface area (Å²) in [6.45, 7) is 7.63. The molecule has 0 fully saturated rings. The van der Waals surface area contributed by atoms with E-state index < -0.39 is 23.3 Å². The molecule has 0 aliphatic rings. The smallest absolute Gasteiger partial charge is 0.408 e. The van der Waals surface area contributed by atoms with E-state index >= 15 is 0 Å². The second-order valence-corrected chi connectivity index (χ2v) is 10.4. The summed E-state index contributed by atoms with van der Waals surface area (Å²) < 4.78 is 5.40. The first-order chi connectivity index (χ1) is 19.1. The van der Waals surface area contributed by atoms with E-state index in [0.29, 0.717) is 6.54 Å². The number of ether oxygens (including phenoxy) is 1. The summed E-state index contributed by atoms with van der Waals surface area (Å²) in [6.07, 6.45) is 2.68. The van der Waals surface area contributed by atoms with E-state index in [1.165, 1.54) is 6.08 Å². The summed E-state index contributed by atoms with van der Waals surface area (Å²) in [6, 6.07) is 29.0. The molecule has 0 bridgehead atoms. The number of nitrogens with one attached hydrogen (secondary N) is 3. The summed E-state index contributed by atoms with van der Waals surface area (Å²) >= 11 is 0. The van der Waals surface area contributed by atoms with Gasteiger partial charge in [-0.05, 0) is 50.8 Å². The maximum absolute atomic E-state index is 13.7. The van der Waals surface area contributed by atoms with E-state index in [2.05, 4.69) is 16.0 Å². The van der Waals surface area contributed by atoms with Crippen molar-refractivity contribution in [2.24, 2.45) is 0 Å². The molecule has 3 N–H and O–H groups in total. The van der Waals surface area contributed by atoms with Crippen molar-refractivity contribution >= 4 is 17.9 Å². The highest BCUT2D eigenvalue weighted by Crippen LogP contribution is 2.36. The van der Waals surface area contributed by atoms with Crippen LogP contribution in [0.4, 0.5) is 4.79 Å². The van der Waals surface area contributed by atoms with Gasteiger partial charge in [0.05, 0.1) is 6.04 Å². The number of hydrogen-bond acceptors (Lipinski definition) is 4. The first-order valence-electron chi connectivity index (χ1n) is 13.6. The van der Waals surface area contributed by atoms with E-state index in [0.717, 1.165) is 16.7 Å². The molecule has 40 heavy (non-hydrogen) atoms. The van der Waals surface area contributed by atoms with E-state index in [1.807, 2.05) is 97.9 Å². The third kappa shape index (κ3) is 8.56. The molecule has 0 spiro atoms. The maximum atomic E-state index is 13.7. The van der Waals surface area contributed by atoms with Gasteiger partial charge >= 0.3 is 6.09 Å². The van der Waals surface area contributed by atoms with E-state index in [4.69, 9.17) is 4.74 Å². The SMILES string of the molecule is CCNC(=O)/C=C/[C@H](CCC(=O)NC(c1ccccc1)(c1ccccc1)c1ccccc1)NC(=O)OC(C)(C)C. The van der Waals surface area contributed by atoms with Gasteiger partial charge in [-0.1, -0.05) is 97.1 Å². The van der Waals surface area contributed by atoms with Crippen LogP contribution in [0.25, 0.3) is 0 Å². The second-order valence-electron chi connectivity index (χ2n) is 10.4. The molecule has 7 heteroatoms. The highest BCUT2D eigenvalue weighted by Gasteiger charge is 2.37. The number of alkyl carbamates (subject to hydrolysis) is 1. The normalized spacial score (nSPS) is 12.4. The average molecular weight is 542 g/mol. The Balaban J connectivity index is 1.90. The van der Waals surface area contributed by atoms with Crippen molar-refractivity contribution in [3.63, 3.8) is 0 Å². The van der Waals surface area contributed by atoms with Crippen molar-refractivity contribution in [1.29, 1.82) is 0 Å². The van der Waals surface area contributed by atoms with Gasteiger partial charge in [0, 0.05) is 19.0 Å². The quantitative estimate of drug-likeness (QED) is 0.222. The molecule has 210 valence electrons. The van der Waals surface area contributed by atoms with Crippen molar-refractivity contribution in [3.05, 3.63) is 120 Å². The molecular weight excluding hydrogens is 502 g/mol. The number of amides is 3. The summed E-state index contributed by atoms with van der Waals surface area (Å²) in [4.78, 5) is 38.2. The van der Waals surface area contributed by atoms with Crippen molar-refractivity contribution in [2.75, 3.05) is 6.54 Å². The molecular formula is C33H39N3O4. The zero-order valence-electron chi connectivity index (χ0n) is 23.6. The lowest BCUT2D eigenvalue weighted by Gasteiger charge is -2.37. The van der Waals surface area contributed by atoms with Gasteiger partial charge in [-0.25, -0.2) is 4.79 Å². The molecule has 1 atom stereocenters. The minimum atomic E-state index is -0.939. The third-order valence-electron chi connectivity index (χ3n) is 6.16. The zero-order valence-corrected chi connectivity index (χ0v) is 23.6. The molecule has 0 radical (unpaired) electrons. The fourth-order valence-electron chi connectivity index (χ4n) is 4.45. The Kier molecular flexibility index (Phi) is 10.6. The molecule has 0 aromatic heterocycles. The van der Waals surface area contributed by atoms with Crippen LogP contribution < -0.4 is 16.0 Å². The molecule has 7 nitrogen and oxygen atoms in total. The lowest BCUT2D eigenvalue weighted by atomic mass is 9.77. The van der Waals surface area contributed by atoms with Crippen molar-refractivity contribution in [2.45, 2.75) is 57.7 Å². The molecule has 0 unspecified atom stereocenters. The van der Waals surface area contributed by atoms with Gasteiger partial charge in [0.15, 0.2) is 0 Å². The minimum absolute atomic E-state index is 0.0917. The Labute approximate surface area is 237 Å². The van der Waals surface area contributed by atoms with Gasteiger partial charge in [0.1, 0.15) is 11.1 Å². The topological polar surface area (TPSA) is 96.5 Å². The van der Waals surface area contributed by atoms with Crippen LogP contribution in [0.5, 0.6) is 0 Å². The number of hydrogen-bond donors (Lipinski definition) is 3. The number of benzene rings is 3. The Morgan fingerprint density at radius 1 is 0.800 bits per heavy atom. The molecule has 0 saturated heterocycles. The Bertz CT molecular complexity index is 1170. The molecule has 0 aliphatic carbocycles. The van der Waals surface area contributed by atoms with Crippen LogP contribution in [0.3, 0.4) is 0 Å². The molecule has 0 saturated carbocycles. The fraction of sp³-hybridized carbons (Fsp3) is 0.303. The zero-order chi connectivity index (χ0) is 29.0. The Hall–Kier alpha value is -4.39. The lowest BCUT2D eigenvalue weighted by molar-refractivity contribution is -0.122. The van der Waals surface area contributed by atoms with Crippen LogP contribution in [-0.4, -0.2) is 36.1 Å². The summed E-state index contributed by atoms with van der Waals surface area (Å²) in [5.41, 5.74) is 1.13. The third-order valence-corrected chi connectivity index (χ3v) is 6.16. The van der Waals surface area contributed by atoms with Gasteiger partial charge in [-0.15, -0.1) is 0 Å². The number of likely N-dealkylation sites (N-methyl/N-ethyl adjacent to an activating group) is 1. The Morgan fingerprint density at radius 3 is 1.70 bits per heavy atom. The predicted octanol–water partition coefficient (Wildman–Crippen LogP) is 5.46. The number of carbonyl (C=O) groups excluding carboxylic acids is 3. The first-order valence-corrected chi connectivity index (χ1v) is 13.6. The van der Waals surface area contributed by atoms with Crippen LogP contribution in [0.15, 0.2) is 103 Å². The molecule has 3 rings (SSSR count). The number of carbonyl (C=O) groups is 3. The molecule has 3 amide bonds. The van der Waals surface area contributed by atoms with Crippen molar-refractivity contribution in [1.82, 2.24) is 16.0 Å². The fourth-order valence-corrected chi connectivity index (χ4v) is 4.45. The van der Waals surface area contributed by atoms with E-state index in [9.17, 15) is 14.4 Å². The first kappa shape index (κ1) is 30.2. The summed E-state index contributed by atoms with van der Waals surface area (Å²) in [5.74, 6) is -0.488. The van der Waals surface area contributed by atoms with Crippen LogP contribution in [0.1, 0.15) is 57.2 Å². The highest BCUT2D eigenvalue weighted by atomic mass is 16.6. The van der Waals surface area contributed by atoms with Crippen LogP contribution in [0, 0.1) is 0 Å². The predicted molar refractivity (Wildman–Crippen MR) is 158 cm³/mol. The monoisotopic (exact) mass is 541 g/mol. The van der Waals surface area contributed by atoms with Gasteiger partial charge in [-0.3, -0.25) is 9.59 Å². The van der Waals surface area contributed by atoms with Crippen molar-refractivity contribution < 1.29 is 19.1 Å². The standard InChI is InChI=1S/C33H39N3O4/c1-5-34-29(37)23-21-28(35-31(39)40-32(2,3)4)22-24-30(38)36-33(25-15-9-6-10-16-25,26-17-11-7-12-18-26)27-19-13-8-14-20-27/h6-21,23,28H,5,22,24H2,1-4H3,(H,34,37)(H,35,39)(H,36,38)/b23-21+/t28-/m1/s1. The molecule has 0 heterocycles. The van der Waals surface area contributed by atoms with E-state index in [1.54, 1.807) is 26.8 Å². The lowest BCUT2D eigenvalue weighted by Crippen LogP contribution is -2.48. The van der Waals surface area contributed by atoms with Crippen LogP contribution in [0.2, 0.25) is 0 Å². The molecule has 3 aromatic carbocycles. The largest absolute Gasteiger partial charge is 0.444 e. The maximum Gasteiger partial charge on any atom is 0.408 e.